The van der Waals surface area contributed by atoms with Crippen molar-refractivity contribution < 1.29 is 14.3 Å². The van der Waals surface area contributed by atoms with E-state index in [2.05, 4.69) is 10.2 Å². The molecule has 2 aliphatic heterocycles. The topological polar surface area (TPSA) is 66.4 Å². The van der Waals surface area contributed by atoms with Gasteiger partial charge in [0.1, 0.15) is 23.0 Å². The molecule has 7 nitrogen and oxygen atoms in total. The highest BCUT2D eigenvalue weighted by Gasteiger charge is 2.26. The van der Waals surface area contributed by atoms with E-state index in [1.54, 1.807) is 7.11 Å². The van der Waals surface area contributed by atoms with Crippen molar-refractivity contribution in [2.45, 2.75) is 13.3 Å². The molecule has 0 unspecified atom stereocenters. The van der Waals surface area contributed by atoms with Crippen molar-refractivity contribution in [3.05, 3.63) is 77.9 Å². The maximum Gasteiger partial charge on any atom is 0.322 e. The van der Waals surface area contributed by atoms with E-state index < -0.39 is 0 Å². The molecule has 5 rings (SSSR count). The van der Waals surface area contributed by atoms with Crippen LogP contribution in [0, 0.1) is 6.92 Å². The lowest BCUT2D eigenvalue weighted by atomic mass is 10.1. The van der Waals surface area contributed by atoms with Gasteiger partial charge < -0.3 is 24.6 Å². The average molecular weight is 457 g/mol. The Morgan fingerprint density at radius 1 is 0.971 bits per heavy atom. The molecule has 0 atom stereocenters. The molecule has 0 aliphatic carbocycles. The molecule has 7 heteroatoms. The first-order chi connectivity index (χ1) is 16.6. The SMILES string of the molecule is COc1ccccc1NC(=O)N1CCCN(C2=Nc3ccc(C)cc3Oc3ccccc32)CC1. The van der Waals surface area contributed by atoms with E-state index in [0.717, 1.165) is 47.1 Å². The molecule has 0 aromatic heterocycles. The molecule has 2 amide bonds. The van der Waals surface area contributed by atoms with Crippen molar-refractivity contribution in [1.29, 1.82) is 0 Å². The first-order valence-corrected chi connectivity index (χ1v) is 11.5. The number of rotatable bonds is 2. The zero-order valence-electron chi connectivity index (χ0n) is 19.5. The lowest BCUT2D eigenvalue weighted by Crippen LogP contribution is -2.39. The van der Waals surface area contributed by atoms with Gasteiger partial charge in [0.05, 0.1) is 18.4 Å². The molecule has 3 aromatic carbocycles. The molecule has 1 N–H and O–H groups in total. The smallest absolute Gasteiger partial charge is 0.322 e. The number of amidine groups is 1. The third-order valence-electron chi connectivity index (χ3n) is 6.12. The zero-order valence-corrected chi connectivity index (χ0v) is 19.5. The quantitative estimate of drug-likeness (QED) is 0.559. The summed E-state index contributed by atoms with van der Waals surface area (Å²) in [6.07, 6.45) is 0.835. The van der Waals surface area contributed by atoms with Crippen LogP contribution in [0.15, 0.2) is 71.7 Å². The molecular weight excluding hydrogens is 428 g/mol. The van der Waals surface area contributed by atoms with Crippen LogP contribution in [0.4, 0.5) is 16.2 Å². The molecule has 34 heavy (non-hydrogen) atoms. The van der Waals surface area contributed by atoms with Gasteiger partial charge in [0.15, 0.2) is 5.75 Å². The fraction of sp³-hybridized carbons (Fsp3) is 0.259. The summed E-state index contributed by atoms with van der Waals surface area (Å²) in [5.74, 6) is 3.08. The van der Waals surface area contributed by atoms with Crippen molar-refractivity contribution in [1.82, 2.24) is 9.80 Å². The number of carbonyl (C=O) groups is 1. The summed E-state index contributed by atoms with van der Waals surface area (Å²) in [6.45, 7) is 4.77. The molecule has 0 spiro atoms. The van der Waals surface area contributed by atoms with Crippen LogP contribution in [-0.4, -0.2) is 55.0 Å². The molecule has 1 fully saturated rings. The lowest BCUT2D eigenvalue weighted by Gasteiger charge is -2.25. The number of amides is 2. The first kappa shape index (κ1) is 21.8. The van der Waals surface area contributed by atoms with E-state index in [1.165, 1.54) is 0 Å². The van der Waals surface area contributed by atoms with E-state index in [-0.39, 0.29) is 6.03 Å². The summed E-state index contributed by atoms with van der Waals surface area (Å²) in [5, 5.41) is 2.99. The fourth-order valence-corrected chi connectivity index (χ4v) is 4.34. The third kappa shape index (κ3) is 4.41. The predicted molar refractivity (Wildman–Crippen MR) is 134 cm³/mol. The molecule has 2 heterocycles. The van der Waals surface area contributed by atoms with Gasteiger partial charge in [0, 0.05) is 26.2 Å². The van der Waals surface area contributed by atoms with Crippen LogP contribution in [0.25, 0.3) is 0 Å². The lowest BCUT2D eigenvalue weighted by molar-refractivity contribution is 0.214. The highest BCUT2D eigenvalue weighted by atomic mass is 16.5. The number of benzene rings is 3. The number of urea groups is 1. The number of fused-ring (bicyclic) bond motifs is 2. The summed E-state index contributed by atoms with van der Waals surface area (Å²) >= 11 is 0. The Morgan fingerprint density at radius 2 is 1.79 bits per heavy atom. The van der Waals surface area contributed by atoms with E-state index in [9.17, 15) is 4.79 Å². The van der Waals surface area contributed by atoms with Crippen LogP contribution in [0.5, 0.6) is 17.2 Å². The summed E-state index contributed by atoms with van der Waals surface area (Å²) in [4.78, 5) is 22.1. The van der Waals surface area contributed by atoms with Crippen LogP contribution >= 0.6 is 0 Å². The molecule has 0 saturated carbocycles. The minimum atomic E-state index is -0.126. The van der Waals surface area contributed by atoms with Crippen LogP contribution in [0.3, 0.4) is 0 Å². The van der Waals surface area contributed by atoms with Crippen LogP contribution in [0.1, 0.15) is 17.5 Å². The Bertz CT molecular complexity index is 1240. The first-order valence-electron chi connectivity index (χ1n) is 11.5. The second-order valence-corrected chi connectivity index (χ2v) is 8.46. The minimum Gasteiger partial charge on any atom is -0.495 e. The van der Waals surface area contributed by atoms with Gasteiger partial charge in [-0.3, -0.25) is 0 Å². The summed E-state index contributed by atoms with van der Waals surface area (Å²) in [5.41, 5.74) is 3.57. The van der Waals surface area contributed by atoms with Crippen molar-refractivity contribution in [2.75, 3.05) is 38.6 Å². The van der Waals surface area contributed by atoms with Crippen molar-refractivity contribution in [2.24, 2.45) is 4.99 Å². The normalized spacial score (nSPS) is 15.2. The zero-order chi connectivity index (χ0) is 23.5. The number of ether oxygens (including phenoxy) is 2. The fourth-order valence-electron chi connectivity index (χ4n) is 4.34. The van der Waals surface area contributed by atoms with Gasteiger partial charge in [0.25, 0.3) is 0 Å². The van der Waals surface area contributed by atoms with Gasteiger partial charge in [0.2, 0.25) is 0 Å². The van der Waals surface area contributed by atoms with Gasteiger partial charge in [-0.05, 0) is 55.3 Å². The van der Waals surface area contributed by atoms with Crippen LogP contribution in [-0.2, 0) is 0 Å². The molecule has 2 aliphatic rings. The standard InChI is InChI=1S/C27H28N4O3/c1-19-12-13-22-25(18-19)34-23-10-5-3-8-20(23)26(28-22)30-14-7-15-31(17-16-30)27(32)29-21-9-4-6-11-24(21)33-2/h3-6,8-13,18H,7,14-17H2,1-2H3,(H,29,32). The predicted octanol–water partition coefficient (Wildman–Crippen LogP) is 5.43. The largest absolute Gasteiger partial charge is 0.495 e. The average Bonchev–Trinajstić information content (AvgIpc) is 3.19. The number of nitrogens with zero attached hydrogens (tertiary/aromatic N) is 3. The molecule has 3 aromatic rings. The van der Waals surface area contributed by atoms with E-state index in [1.807, 2.05) is 78.6 Å². The Labute approximate surface area is 199 Å². The second-order valence-electron chi connectivity index (χ2n) is 8.46. The Kier molecular flexibility index (Phi) is 6.08. The molecule has 0 bridgehead atoms. The number of aryl methyl sites for hydroxylation is 1. The van der Waals surface area contributed by atoms with E-state index >= 15 is 0 Å². The van der Waals surface area contributed by atoms with Gasteiger partial charge in [-0.1, -0.05) is 30.3 Å². The highest BCUT2D eigenvalue weighted by molar-refractivity contribution is 6.03. The Morgan fingerprint density at radius 3 is 2.68 bits per heavy atom. The number of nitrogens with one attached hydrogen (secondary N) is 1. The van der Waals surface area contributed by atoms with Crippen molar-refractivity contribution >= 4 is 23.2 Å². The summed E-state index contributed by atoms with van der Waals surface area (Å²) in [6, 6.07) is 21.4. The second kappa shape index (κ2) is 9.47. The summed E-state index contributed by atoms with van der Waals surface area (Å²) in [7, 11) is 1.60. The van der Waals surface area contributed by atoms with Crippen molar-refractivity contribution in [3.63, 3.8) is 0 Å². The van der Waals surface area contributed by atoms with E-state index in [0.29, 0.717) is 31.1 Å². The van der Waals surface area contributed by atoms with Crippen LogP contribution in [0.2, 0.25) is 0 Å². The third-order valence-corrected chi connectivity index (χ3v) is 6.12. The highest BCUT2D eigenvalue weighted by Crippen LogP contribution is 2.38. The Balaban J connectivity index is 1.37. The molecule has 174 valence electrons. The Hall–Kier alpha value is -4.00. The maximum atomic E-state index is 13.0. The monoisotopic (exact) mass is 456 g/mol. The van der Waals surface area contributed by atoms with Gasteiger partial charge in [-0.2, -0.15) is 0 Å². The van der Waals surface area contributed by atoms with Gasteiger partial charge >= 0.3 is 6.03 Å². The van der Waals surface area contributed by atoms with Crippen molar-refractivity contribution in [3.8, 4) is 17.2 Å². The number of hydrogen-bond acceptors (Lipinski definition) is 5. The van der Waals surface area contributed by atoms with Gasteiger partial charge in [-0.25, -0.2) is 9.79 Å². The van der Waals surface area contributed by atoms with E-state index in [4.69, 9.17) is 14.5 Å². The van der Waals surface area contributed by atoms with Gasteiger partial charge in [-0.15, -0.1) is 0 Å². The number of methoxy groups -OCH3 is 1. The minimum absolute atomic E-state index is 0.126. The summed E-state index contributed by atoms with van der Waals surface area (Å²) < 4.78 is 11.6. The molecular formula is C27H28N4O3. The number of hydrogen-bond donors (Lipinski definition) is 1. The number of anilines is 1. The maximum absolute atomic E-state index is 13.0. The van der Waals surface area contributed by atoms with Crippen LogP contribution < -0.4 is 14.8 Å². The number of para-hydroxylation sites is 3. The molecule has 0 radical (unpaired) electrons. The molecule has 1 saturated heterocycles. The number of aliphatic imine (C=N–C) groups is 1. The number of carbonyl (C=O) groups excluding carboxylic acids is 1.